The first-order valence-electron chi connectivity index (χ1n) is 7.22. The van der Waals surface area contributed by atoms with Crippen LogP contribution in [0.2, 0.25) is 0 Å². The Morgan fingerprint density at radius 2 is 2.05 bits per heavy atom. The molecular formula is C14H25N5. The first-order valence-corrected chi connectivity index (χ1v) is 7.22. The van der Waals surface area contributed by atoms with Crippen LogP contribution in [0.5, 0.6) is 0 Å². The second-order valence-electron chi connectivity index (χ2n) is 5.19. The molecule has 1 saturated heterocycles. The summed E-state index contributed by atoms with van der Waals surface area (Å²) in [4.78, 5) is 13.7. The number of hydrogen-bond donors (Lipinski definition) is 1. The van der Waals surface area contributed by atoms with E-state index in [1.165, 1.54) is 25.9 Å². The number of nitrogens with one attached hydrogen (secondary N) is 1. The van der Waals surface area contributed by atoms with Crippen molar-refractivity contribution < 1.29 is 0 Å². The SMILES string of the molecule is CCNc1nc(C)cc(N(C)CCN2CCCC2)n1. The Morgan fingerprint density at radius 3 is 2.74 bits per heavy atom. The minimum atomic E-state index is 0.727. The van der Waals surface area contributed by atoms with E-state index in [4.69, 9.17) is 0 Å². The van der Waals surface area contributed by atoms with Crippen LogP contribution in [0.3, 0.4) is 0 Å². The van der Waals surface area contributed by atoms with Gasteiger partial charge in [-0.25, -0.2) is 4.98 Å². The summed E-state index contributed by atoms with van der Waals surface area (Å²) in [6.07, 6.45) is 2.70. The van der Waals surface area contributed by atoms with E-state index in [9.17, 15) is 0 Å². The van der Waals surface area contributed by atoms with Crippen molar-refractivity contribution in [3.05, 3.63) is 11.8 Å². The lowest BCUT2D eigenvalue weighted by atomic mass is 10.4. The van der Waals surface area contributed by atoms with E-state index in [0.717, 1.165) is 37.1 Å². The molecular weight excluding hydrogens is 238 g/mol. The maximum atomic E-state index is 4.55. The van der Waals surface area contributed by atoms with Crippen LogP contribution < -0.4 is 10.2 Å². The first-order chi connectivity index (χ1) is 9.19. The van der Waals surface area contributed by atoms with Crippen LogP contribution >= 0.6 is 0 Å². The van der Waals surface area contributed by atoms with Crippen molar-refractivity contribution in [3.63, 3.8) is 0 Å². The van der Waals surface area contributed by atoms with Crippen LogP contribution in [0.4, 0.5) is 11.8 Å². The van der Waals surface area contributed by atoms with Crippen LogP contribution in [0.15, 0.2) is 6.07 Å². The molecule has 0 spiro atoms. The third kappa shape index (κ3) is 4.06. The smallest absolute Gasteiger partial charge is 0.224 e. The molecule has 0 atom stereocenters. The topological polar surface area (TPSA) is 44.3 Å². The van der Waals surface area contributed by atoms with Crippen LogP contribution in [-0.4, -0.2) is 54.6 Å². The number of anilines is 2. The van der Waals surface area contributed by atoms with Crippen molar-refractivity contribution in [2.45, 2.75) is 26.7 Å². The first kappa shape index (κ1) is 14.1. The van der Waals surface area contributed by atoms with Gasteiger partial charge in [0, 0.05) is 38.4 Å². The molecule has 0 unspecified atom stereocenters. The Bertz CT molecular complexity index is 401. The van der Waals surface area contributed by atoms with Gasteiger partial charge in [0.1, 0.15) is 5.82 Å². The number of aryl methyl sites for hydroxylation is 1. The van der Waals surface area contributed by atoms with Crippen molar-refractivity contribution in [2.24, 2.45) is 0 Å². The van der Waals surface area contributed by atoms with Gasteiger partial charge in [-0.05, 0) is 39.8 Å². The number of likely N-dealkylation sites (N-methyl/N-ethyl adjacent to an activating group) is 1. The molecule has 5 nitrogen and oxygen atoms in total. The van der Waals surface area contributed by atoms with E-state index in [-0.39, 0.29) is 0 Å². The second kappa shape index (κ2) is 6.70. The molecule has 1 aromatic rings. The molecule has 2 heterocycles. The van der Waals surface area contributed by atoms with Crippen LogP contribution in [-0.2, 0) is 0 Å². The Balaban J connectivity index is 1.94. The molecule has 2 rings (SSSR count). The summed E-state index contributed by atoms with van der Waals surface area (Å²) >= 11 is 0. The van der Waals surface area contributed by atoms with E-state index >= 15 is 0 Å². The van der Waals surface area contributed by atoms with Crippen LogP contribution in [0, 0.1) is 6.92 Å². The number of aromatic nitrogens is 2. The van der Waals surface area contributed by atoms with Crippen LogP contribution in [0.1, 0.15) is 25.5 Å². The predicted molar refractivity (Wildman–Crippen MR) is 79.9 cm³/mol. The van der Waals surface area contributed by atoms with Gasteiger partial charge in [-0.15, -0.1) is 0 Å². The lowest BCUT2D eigenvalue weighted by Crippen LogP contribution is -2.32. The standard InChI is InChI=1S/C14H25N5/c1-4-15-14-16-12(2)11-13(17-14)18(3)9-10-19-7-5-6-8-19/h11H,4-10H2,1-3H3,(H,15,16,17). The lowest BCUT2D eigenvalue weighted by Gasteiger charge is -2.22. The van der Waals surface area contributed by atoms with Crippen molar-refractivity contribution >= 4 is 11.8 Å². The van der Waals surface area contributed by atoms with Gasteiger partial charge >= 0.3 is 0 Å². The largest absolute Gasteiger partial charge is 0.358 e. The van der Waals surface area contributed by atoms with Gasteiger partial charge in [-0.3, -0.25) is 0 Å². The molecule has 1 N–H and O–H groups in total. The molecule has 106 valence electrons. The molecule has 1 aromatic heterocycles. The Labute approximate surface area is 116 Å². The molecule has 0 aromatic carbocycles. The summed E-state index contributed by atoms with van der Waals surface area (Å²) in [7, 11) is 2.10. The predicted octanol–water partition coefficient (Wildman–Crippen LogP) is 1.75. The normalized spacial score (nSPS) is 15.7. The van der Waals surface area contributed by atoms with E-state index in [1.807, 2.05) is 13.0 Å². The highest BCUT2D eigenvalue weighted by molar-refractivity contribution is 5.44. The fourth-order valence-electron chi connectivity index (χ4n) is 2.40. The summed E-state index contributed by atoms with van der Waals surface area (Å²) in [6.45, 7) is 9.56. The van der Waals surface area contributed by atoms with Crippen molar-refractivity contribution in [3.8, 4) is 0 Å². The Hall–Kier alpha value is -1.36. The zero-order valence-electron chi connectivity index (χ0n) is 12.3. The fourth-order valence-corrected chi connectivity index (χ4v) is 2.40. The van der Waals surface area contributed by atoms with Gasteiger partial charge in [0.15, 0.2) is 0 Å². The summed E-state index contributed by atoms with van der Waals surface area (Å²) in [6, 6.07) is 2.05. The van der Waals surface area contributed by atoms with Gasteiger partial charge in [-0.1, -0.05) is 0 Å². The average Bonchev–Trinajstić information content (AvgIpc) is 2.88. The molecule has 5 heteroatoms. The highest BCUT2D eigenvalue weighted by atomic mass is 15.2. The molecule has 1 fully saturated rings. The van der Waals surface area contributed by atoms with Crippen molar-refractivity contribution in [1.29, 1.82) is 0 Å². The van der Waals surface area contributed by atoms with Gasteiger partial charge in [0.25, 0.3) is 0 Å². The quantitative estimate of drug-likeness (QED) is 0.847. The van der Waals surface area contributed by atoms with Crippen LogP contribution in [0.25, 0.3) is 0 Å². The van der Waals surface area contributed by atoms with Gasteiger partial charge in [0.2, 0.25) is 5.95 Å². The number of rotatable bonds is 6. The summed E-state index contributed by atoms with van der Waals surface area (Å²) in [5.41, 5.74) is 1.01. The van der Waals surface area contributed by atoms with E-state index in [1.54, 1.807) is 0 Å². The number of likely N-dealkylation sites (tertiary alicyclic amines) is 1. The molecule has 1 aliphatic rings. The number of hydrogen-bond acceptors (Lipinski definition) is 5. The van der Waals surface area contributed by atoms with E-state index in [0.29, 0.717) is 0 Å². The van der Waals surface area contributed by atoms with E-state index in [2.05, 4.69) is 39.1 Å². The minimum Gasteiger partial charge on any atom is -0.358 e. The van der Waals surface area contributed by atoms with E-state index < -0.39 is 0 Å². The molecule has 0 aliphatic carbocycles. The maximum absolute atomic E-state index is 4.55. The molecule has 0 amide bonds. The highest BCUT2D eigenvalue weighted by Gasteiger charge is 2.13. The molecule has 0 saturated carbocycles. The Kier molecular flexibility index (Phi) is 4.96. The zero-order valence-corrected chi connectivity index (χ0v) is 12.3. The molecule has 1 aliphatic heterocycles. The zero-order chi connectivity index (χ0) is 13.7. The molecule has 19 heavy (non-hydrogen) atoms. The second-order valence-corrected chi connectivity index (χ2v) is 5.19. The van der Waals surface area contributed by atoms with Gasteiger partial charge in [0.05, 0.1) is 0 Å². The third-order valence-corrected chi connectivity index (χ3v) is 3.52. The lowest BCUT2D eigenvalue weighted by molar-refractivity contribution is 0.346. The fraction of sp³-hybridized carbons (Fsp3) is 0.714. The molecule has 0 bridgehead atoms. The third-order valence-electron chi connectivity index (χ3n) is 3.52. The monoisotopic (exact) mass is 263 g/mol. The van der Waals surface area contributed by atoms with Crippen molar-refractivity contribution in [2.75, 3.05) is 50.0 Å². The summed E-state index contributed by atoms with van der Waals surface area (Å²) in [5, 5.41) is 3.18. The Morgan fingerprint density at radius 1 is 1.32 bits per heavy atom. The highest BCUT2D eigenvalue weighted by Crippen LogP contribution is 2.14. The summed E-state index contributed by atoms with van der Waals surface area (Å²) in [5.74, 6) is 1.73. The number of nitrogens with zero attached hydrogens (tertiary/aromatic N) is 4. The van der Waals surface area contributed by atoms with Crippen molar-refractivity contribution in [1.82, 2.24) is 14.9 Å². The maximum Gasteiger partial charge on any atom is 0.224 e. The van der Waals surface area contributed by atoms with Gasteiger partial charge < -0.3 is 15.1 Å². The average molecular weight is 263 g/mol. The molecule has 0 radical (unpaired) electrons. The van der Waals surface area contributed by atoms with Gasteiger partial charge in [-0.2, -0.15) is 4.98 Å². The summed E-state index contributed by atoms with van der Waals surface area (Å²) < 4.78 is 0. The minimum absolute atomic E-state index is 0.727.